The maximum absolute atomic E-state index is 11.9. The van der Waals surface area contributed by atoms with E-state index in [1.165, 1.54) is 0 Å². The highest BCUT2D eigenvalue weighted by atomic mass is 16.3. The summed E-state index contributed by atoms with van der Waals surface area (Å²) in [5.74, 6) is -0.0836. The summed E-state index contributed by atoms with van der Waals surface area (Å²) in [5.41, 5.74) is 0.363. The molecule has 0 aliphatic rings. The summed E-state index contributed by atoms with van der Waals surface area (Å²) in [6.45, 7) is 11.5. The molecule has 2 N–H and O–H groups in total. The molecule has 1 aromatic heterocycles. The van der Waals surface area contributed by atoms with Crippen LogP contribution in [0.3, 0.4) is 0 Å². The number of hydrogen-bond donors (Lipinski definition) is 2. The normalized spacial score (nSPS) is 12.6. The van der Waals surface area contributed by atoms with Crippen LogP contribution >= 0.6 is 0 Å². The minimum Gasteiger partial charge on any atom is -0.388 e. The molecule has 0 aliphatic heterocycles. The average Bonchev–Trinajstić information content (AvgIpc) is 2.52. The Hall–Kier alpha value is -1.36. The van der Waals surface area contributed by atoms with Crippen molar-refractivity contribution in [1.29, 1.82) is 0 Å². The van der Waals surface area contributed by atoms with Gasteiger partial charge in [0.15, 0.2) is 0 Å². The number of hydrogen-bond acceptors (Lipinski definition) is 3. The molecule has 0 bridgehead atoms. The Morgan fingerprint density at radius 1 is 1.37 bits per heavy atom. The van der Waals surface area contributed by atoms with Crippen molar-refractivity contribution in [3.63, 3.8) is 0 Å². The molecule has 0 atom stereocenters. The molecule has 0 aliphatic carbocycles. The maximum atomic E-state index is 11.9. The van der Waals surface area contributed by atoms with E-state index in [1.54, 1.807) is 13.8 Å². The van der Waals surface area contributed by atoms with Crippen LogP contribution in [0.2, 0.25) is 0 Å². The van der Waals surface area contributed by atoms with Crippen LogP contribution in [0.15, 0.2) is 6.07 Å². The lowest BCUT2D eigenvalue weighted by Gasteiger charge is -2.38. The molecule has 1 rings (SSSR count). The summed E-state index contributed by atoms with van der Waals surface area (Å²) in [5, 5.41) is 17.2. The molecule has 1 heterocycles. The Balaban J connectivity index is 2.56. The monoisotopic (exact) mass is 267 g/mol. The van der Waals surface area contributed by atoms with Crippen LogP contribution < -0.4 is 5.32 Å². The zero-order valence-electron chi connectivity index (χ0n) is 12.7. The van der Waals surface area contributed by atoms with Crippen molar-refractivity contribution in [3.8, 4) is 0 Å². The van der Waals surface area contributed by atoms with E-state index in [9.17, 15) is 9.90 Å². The predicted molar refractivity (Wildman–Crippen MR) is 74.8 cm³/mol. The molecule has 1 amide bonds. The molecule has 1 aromatic rings. The first-order valence-corrected chi connectivity index (χ1v) is 6.57. The van der Waals surface area contributed by atoms with Gasteiger partial charge in [0.2, 0.25) is 5.91 Å². The van der Waals surface area contributed by atoms with Crippen molar-refractivity contribution in [2.75, 3.05) is 0 Å². The fourth-order valence-electron chi connectivity index (χ4n) is 1.67. The zero-order chi connectivity index (χ0) is 14.8. The number of nitrogens with zero attached hydrogens (tertiary/aromatic N) is 2. The Morgan fingerprint density at radius 2 is 1.95 bits per heavy atom. The van der Waals surface area contributed by atoms with E-state index in [2.05, 4.69) is 10.4 Å². The first-order valence-electron chi connectivity index (χ1n) is 6.57. The smallest absolute Gasteiger partial charge is 0.222 e. The van der Waals surface area contributed by atoms with E-state index in [0.717, 1.165) is 11.4 Å². The Morgan fingerprint density at radius 3 is 2.37 bits per heavy atom. The van der Waals surface area contributed by atoms with E-state index in [0.29, 0.717) is 13.0 Å². The number of rotatable bonds is 5. The number of aromatic nitrogens is 2. The fourth-order valence-corrected chi connectivity index (χ4v) is 1.67. The van der Waals surface area contributed by atoms with Crippen molar-refractivity contribution < 1.29 is 9.90 Å². The number of aliphatic hydroxyl groups is 1. The van der Waals surface area contributed by atoms with Gasteiger partial charge in [-0.05, 0) is 47.6 Å². The molecule has 0 spiro atoms. The number of nitrogens with one attached hydrogen (secondary N) is 1. The Kier molecular flexibility index (Phi) is 4.40. The average molecular weight is 267 g/mol. The van der Waals surface area contributed by atoms with Gasteiger partial charge < -0.3 is 10.4 Å². The summed E-state index contributed by atoms with van der Waals surface area (Å²) >= 11 is 0. The van der Waals surface area contributed by atoms with Gasteiger partial charge in [-0.25, -0.2) is 0 Å². The Labute approximate surface area is 115 Å². The van der Waals surface area contributed by atoms with E-state index < -0.39 is 11.1 Å². The topological polar surface area (TPSA) is 67.2 Å². The van der Waals surface area contributed by atoms with Crippen LogP contribution in [0.25, 0.3) is 0 Å². The van der Waals surface area contributed by atoms with E-state index >= 15 is 0 Å². The third-order valence-corrected chi connectivity index (χ3v) is 3.64. The molecule has 0 unspecified atom stereocenters. The van der Waals surface area contributed by atoms with Crippen LogP contribution in [0.5, 0.6) is 0 Å². The lowest BCUT2D eigenvalue weighted by molar-refractivity contribution is -0.126. The number of carbonyl (C=O) groups excluding carboxylic acids is 1. The summed E-state index contributed by atoms with van der Waals surface area (Å²) in [6, 6.07) is 1.98. The molecule has 0 saturated carbocycles. The highest BCUT2D eigenvalue weighted by Crippen LogP contribution is 2.20. The largest absolute Gasteiger partial charge is 0.388 e. The lowest BCUT2D eigenvalue weighted by atomic mass is 9.86. The second kappa shape index (κ2) is 5.33. The predicted octanol–water partition coefficient (Wildman–Crippen LogP) is 1.56. The van der Waals surface area contributed by atoms with Crippen LogP contribution in [-0.2, 0) is 11.3 Å². The SMILES string of the molecule is Cc1cc(C)n(CCC(=O)NC(C)(C)C(C)(C)O)n1. The van der Waals surface area contributed by atoms with E-state index in [1.807, 2.05) is 38.4 Å². The molecule has 108 valence electrons. The Bertz CT molecular complexity index is 456. The van der Waals surface area contributed by atoms with Gasteiger partial charge in [0.05, 0.1) is 16.8 Å². The molecule has 5 heteroatoms. The van der Waals surface area contributed by atoms with Crippen LogP contribution in [0.4, 0.5) is 0 Å². The van der Waals surface area contributed by atoms with E-state index in [4.69, 9.17) is 0 Å². The first-order chi connectivity index (χ1) is 8.53. The van der Waals surface area contributed by atoms with Gasteiger partial charge in [-0.1, -0.05) is 0 Å². The summed E-state index contributed by atoms with van der Waals surface area (Å²) in [6.07, 6.45) is 0.349. The first kappa shape index (κ1) is 15.7. The second-order valence-electron chi connectivity index (χ2n) is 6.13. The highest BCUT2D eigenvalue weighted by Gasteiger charge is 2.36. The van der Waals surface area contributed by atoms with Gasteiger partial charge in [-0.2, -0.15) is 5.10 Å². The minimum atomic E-state index is -0.971. The molecule has 19 heavy (non-hydrogen) atoms. The van der Waals surface area contributed by atoms with Gasteiger partial charge in [0.25, 0.3) is 0 Å². The maximum Gasteiger partial charge on any atom is 0.222 e. The van der Waals surface area contributed by atoms with Crippen molar-refractivity contribution in [2.24, 2.45) is 0 Å². The van der Waals surface area contributed by atoms with Gasteiger partial charge in [0, 0.05) is 18.7 Å². The zero-order valence-corrected chi connectivity index (χ0v) is 12.7. The minimum absolute atomic E-state index is 0.0836. The number of amides is 1. The molecular weight excluding hydrogens is 242 g/mol. The molecule has 0 aromatic carbocycles. The lowest BCUT2D eigenvalue weighted by Crippen LogP contribution is -2.57. The second-order valence-corrected chi connectivity index (χ2v) is 6.13. The van der Waals surface area contributed by atoms with Crippen LogP contribution in [0.1, 0.15) is 45.5 Å². The van der Waals surface area contributed by atoms with Gasteiger partial charge in [-0.3, -0.25) is 9.48 Å². The standard InChI is InChI=1S/C14H25N3O2/c1-10-9-11(2)17(16-10)8-7-12(18)15-13(3,4)14(5,6)19/h9,19H,7-8H2,1-6H3,(H,15,18). The molecule has 0 fully saturated rings. The van der Waals surface area contributed by atoms with Crippen LogP contribution in [0, 0.1) is 13.8 Å². The molecule has 0 radical (unpaired) electrons. The van der Waals surface area contributed by atoms with Crippen molar-refractivity contribution in [1.82, 2.24) is 15.1 Å². The fraction of sp³-hybridized carbons (Fsp3) is 0.714. The van der Waals surface area contributed by atoms with Crippen molar-refractivity contribution in [2.45, 2.75) is 65.6 Å². The summed E-state index contributed by atoms with van der Waals surface area (Å²) in [7, 11) is 0. The van der Waals surface area contributed by atoms with Gasteiger partial charge >= 0.3 is 0 Å². The molecule has 5 nitrogen and oxygen atoms in total. The van der Waals surface area contributed by atoms with E-state index in [-0.39, 0.29) is 5.91 Å². The quantitative estimate of drug-likeness (QED) is 0.850. The summed E-state index contributed by atoms with van der Waals surface area (Å²) < 4.78 is 1.83. The van der Waals surface area contributed by atoms with Gasteiger partial charge in [-0.15, -0.1) is 0 Å². The number of aryl methyl sites for hydroxylation is 3. The third-order valence-electron chi connectivity index (χ3n) is 3.64. The summed E-state index contributed by atoms with van der Waals surface area (Å²) in [4.78, 5) is 11.9. The third kappa shape index (κ3) is 4.06. The van der Waals surface area contributed by atoms with Crippen LogP contribution in [-0.4, -0.2) is 31.9 Å². The highest BCUT2D eigenvalue weighted by molar-refractivity contribution is 5.76. The molecule has 0 saturated heterocycles. The van der Waals surface area contributed by atoms with Crippen molar-refractivity contribution >= 4 is 5.91 Å². The number of carbonyl (C=O) groups is 1. The molecular formula is C14H25N3O2. The van der Waals surface area contributed by atoms with Crippen molar-refractivity contribution in [3.05, 3.63) is 17.5 Å². The van der Waals surface area contributed by atoms with Gasteiger partial charge in [0.1, 0.15) is 0 Å².